The Morgan fingerprint density at radius 3 is 2.63 bits per heavy atom. The molecule has 174 valence electrons. The Balaban J connectivity index is 1.42. The van der Waals surface area contributed by atoms with E-state index in [2.05, 4.69) is 4.98 Å². The Bertz CT molecular complexity index is 1620. The van der Waals surface area contributed by atoms with Crippen LogP contribution in [-0.2, 0) is 0 Å². The smallest absolute Gasteiger partial charge is 0.258 e. The molecule has 0 saturated carbocycles. The summed E-state index contributed by atoms with van der Waals surface area (Å²) in [6.07, 6.45) is 0. The van der Waals surface area contributed by atoms with Gasteiger partial charge in [-0.2, -0.15) is 0 Å². The van der Waals surface area contributed by atoms with Crippen LogP contribution in [0.5, 0.6) is 11.5 Å². The molecule has 0 fully saturated rings. The molecule has 1 aliphatic rings. The van der Waals surface area contributed by atoms with E-state index < -0.39 is 0 Å². The number of nitrogens with zero attached hydrogens (tertiary/aromatic N) is 1. The summed E-state index contributed by atoms with van der Waals surface area (Å²) in [5.74, 6) is 0.623. The number of nitrogens with one attached hydrogen (secondary N) is 1. The van der Waals surface area contributed by atoms with E-state index in [1.807, 2.05) is 61.5 Å². The molecule has 1 amide bonds. The van der Waals surface area contributed by atoms with Gasteiger partial charge >= 0.3 is 0 Å². The fourth-order valence-corrected chi connectivity index (χ4v) is 5.49. The molecule has 1 unspecified atom stereocenters. The zero-order valence-corrected chi connectivity index (χ0v) is 19.8. The van der Waals surface area contributed by atoms with Gasteiger partial charge in [-0.05, 0) is 77.5 Å². The normalized spacial score (nSPS) is 15.1. The Hall–Kier alpha value is -3.96. The van der Waals surface area contributed by atoms with Crippen molar-refractivity contribution in [3.8, 4) is 22.8 Å². The van der Waals surface area contributed by atoms with Gasteiger partial charge in [0.05, 0.1) is 5.69 Å². The number of fused-ring (bicyclic) bond motifs is 4. The molecule has 0 saturated heterocycles. The van der Waals surface area contributed by atoms with Crippen LogP contribution in [0.3, 0.4) is 0 Å². The highest BCUT2D eigenvalue weighted by atomic mass is 35.5. The van der Waals surface area contributed by atoms with Crippen LogP contribution >= 0.6 is 11.6 Å². The molecule has 2 heterocycles. The monoisotopic (exact) mass is 482 g/mol. The zero-order chi connectivity index (χ0) is 24.3. The van der Waals surface area contributed by atoms with Crippen molar-refractivity contribution >= 4 is 44.9 Å². The van der Waals surface area contributed by atoms with Crippen LogP contribution in [0.4, 0.5) is 5.69 Å². The third kappa shape index (κ3) is 3.43. The largest absolute Gasteiger partial charge is 0.508 e. The minimum absolute atomic E-state index is 0.0168. The first kappa shape index (κ1) is 21.6. The van der Waals surface area contributed by atoms with Crippen molar-refractivity contribution in [2.24, 2.45) is 0 Å². The van der Waals surface area contributed by atoms with E-state index in [0.717, 1.165) is 49.7 Å². The third-order valence-corrected chi connectivity index (χ3v) is 7.32. The highest BCUT2D eigenvalue weighted by Crippen LogP contribution is 2.46. The number of aromatic amines is 1. The lowest BCUT2D eigenvalue weighted by atomic mass is 9.92. The Kier molecular flexibility index (Phi) is 4.97. The zero-order valence-electron chi connectivity index (χ0n) is 19.0. The number of aromatic nitrogens is 1. The van der Waals surface area contributed by atoms with E-state index in [0.29, 0.717) is 18.0 Å². The van der Waals surface area contributed by atoms with Crippen molar-refractivity contribution in [2.75, 3.05) is 17.3 Å². The lowest BCUT2D eigenvalue weighted by Crippen LogP contribution is -2.30. The average Bonchev–Trinajstić information content (AvgIpc) is 3.45. The molecule has 35 heavy (non-hydrogen) atoms. The highest BCUT2D eigenvalue weighted by Gasteiger charge is 2.35. The Morgan fingerprint density at radius 2 is 1.86 bits per heavy atom. The van der Waals surface area contributed by atoms with Gasteiger partial charge in [0.1, 0.15) is 11.5 Å². The second-order valence-corrected chi connectivity index (χ2v) is 9.43. The molecule has 0 radical (unpaired) electrons. The van der Waals surface area contributed by atoms with Gasteiger partial charge in [0, 0.05) is 52.0 Å². The van der Waals surface area contributed by atoms with Crippen molar-refractivity contribution in [3.05, 3.63) is 89.5 Å². The van der Waals surface area contributed by atoms with Gasteiger partial charge in [-0.3, -0.25) is 4.79 Å². The number of carbonyl (C=O) groups excluding carboxylic acids is 1. The number of carbonyl (C=O) groups is 1. The van der Waals surface area contributed by atoms with Crippen molar-refractivity contribution in [3.63, 3.8) is 0 Å². The number of halogens is 1. The topological polar surface area (TPSA) is 76.6 Å². The van der Waals surface area contributed by atoms with Crippen LogP contribution in [0.25, 0.3) is 32.9 Å². The van der Waals surface area contributed by atoms with E-state index in [-0.39, 0.29) is 23.3 Å². The predicted molar refractivity (Wildman–Crippen MR) is 141 cm³/mol. The summed E-state index contributed by atoms with van der Waals surface area (Å²) in [5.41, 5.74) is 6.14. The third-order valence-electron chi connectivity index (χ3n) is 6.95. The van der Waals surface area contributed by atoms with E-state index >= 15 is 0 Å². The minimum Gasteiger partial charge on any atom is -0.508 e. The maximum Gasteiger partial charge on any atom is 0.258 e. The first-order valence-electron chi connectivity index (χ1n) is 11.5. The molecule has 4 aromatic carbocycles. The molecule has 6 heteroatoms. The highest BCUT2D eigenvalue weighted by molar-refractivity contribution is 6.19. The van der Waals surface area contributed by atoms with Gasteiger partial charge < -0.3 is 20.1 Å². The van der Waals surface area contributed by atoms with Gasteiger partial charge in [-0.1, -0.05) is 18.2 Å². The summed E-state index contributed by atoms with van der Waals surface area (Å²) >= 11 is 6.37. The van der Waals surface area contributed by atoms with Crippen molar-refractivity contribution in [1.29, 1.82) is 0 Å². The summed E-state index contributed by atoms with van der Waals surface area (Å²) in [4.78, 5) is 18.8. The molecule has 1 atom stereocenters. The number of aryl methyl sites for hydroxylation is 1. The van der Waals surface area contributed by atoms with Crippen LogP contribution in [0.1, 0.15) is 27.4 Å². The minimum atomic E-state index is -0.125. The summed E-state index contributed by atoms with van der Waals surface area (Å²) in [5, 5.41) is 23.0. The maximum absolute atomic E-state index is 13.7. The molecule has 1 aromatic heterocycles. The van der Waals surface area contributed by atoms with Crippen molar-refractivity contribution in [2.45, 2.75) is 12.8 Å². The van der Waals surface area contributed by atoms with Gasteiger partial charge in [-0.25, -0.2) is 0 Å². The van der Waals surface area contributed by atoms with Crippen LogP contribution in [0.2, 0.25) is 0 Å². The van der Waals surface area contributed by atoms with Crippen molar-refractivity contribution in [1.82, 2.24) is 4.98 Å². The lowest BCUT2D eigenvalue weighted by molar-refractivity contribution is 0.0988. The fraction of sp³-hybridized carbons (Fsp3) is 0.138. The first-order valence-corrected chi connectivity index (χ1v) is 12.0. The average molecular weight is 483 g/mol. The Labute approximate surface area is 207 Å². The molecular formula is C29H23ClN2O3. The number of alkyl halides is 1. The number of hydrogen-bond donors (Lipinski definition) is 3. The Morgan fingerprint density at radius 1 is 1.06 bits per heavy atom. The van der Waals surface area contributed by atoms with Crippen LogP contribution < -0.4 is 4.90 Å². The molecule has 5 aromatic rings. The number of phenolic OH excluding ortho intramolecular Hbond substituents is 2. The number of benzene rings is 4. The molecule has 5 nitrogen and oxygen atoms in total. The summed E-state index contributed by atoms with van der Waals surface area (Å²) in [6, 6.07) is 22.1. The lowest BCUT2D eigenvalue weighted by Gasteiger charge is -2.19. The maximum atomic E-state index is 13.7. The first-order chi connectivity index (χ1) is 16.9. The summed E-state index contributed by atoms with van der Waals surface area (Å²) in [6.45, 7) is 2.48. The molecular weight excluding hydrogens is 460 g/mol. The molecule has 0 aliphatic carbocycles. The summed E-state index contributed by atoms with van der Waals surface area (Å²) < 4.78 is 0. The number of phenols is 2. The van der Waals surface area contributed by atoms with Gasteiger partial charge in [0.2, 0.25) is 0 Å². The number of rotatable bonds is 3. The van der Waals surface area contributed by atoms with E-state index in [9.17, 15) is 15.0 Å². The van der Waals surface area contributed by atoms with Crippen LogP contribution in [0, 0.1) is 6.92 Å². The van der Waals surface area contributed by atoms with Gasteiger partial charge in [0.15, 0.2) is 0 Å². The molecule has 1 aliphatic heterocycles. The van der Waals surface area contributed by atoms with Gasteiger partial charge in [-0.15, -0.1) is 11.6 Å². The number of aromatic hydroxyl groups is 2. The molecule has 0 bridgehead atoms. The number of H-pyrrole nitrogens is 1. The second-order valence-electron chi connectivity index (χ2n) is 9.12. The van der Waals surface area contributed by atoms with Crippen LogP contribution in [0.15, 0.2) is 72.8 Å². The van der Waals surface area contributed by atoms with E-state index in [4.69, 9.17) is 11.6 Å². The second kappa shape index (κ2) is 8.07. The van der Waals surface area contributed by atoms with Crippen LogP contribution in [-0.4, -0.2) is 33.5 Å². The fourth-order valence-electron chi connectivity index (χ4n) is 5.23. The van der Waals surface area contributed by atoms with Crippen molar-refractivity contribution < 1.29 is 15.0 Å². The predicted octanol–water partition coefficient (Wildman–Crippen LogP) is 6.69. The molecule has 0 spiro atoms. The molecule has 6 rings (SSSR count). The SMILES string of the molecule is Cc1cccc2c(O)cc3c(c12)C(CCl)CN3C(=O)c1ccc2[nH]c(-c3ccc(O)cc3)cc2c1. The standard InChI is InChI=1S/C29H23ClN2O3/c1-16-3-2-4-22-26(34)13-25-28(27(16)22)20(14-30)15-32(25)29(35)18-7-10-23-19(11-18)12-24(31-23)17-5-8-21(33)9-6-17/h2-13,20,31,33-34H,14-15H2,1H3. The quantitative estimate of drug-likeness (QED) is 0.251. The van der Waals surface area contributed by atoms with Gasteiger partial charge in [0.25, 0.3) is 5.91 Å². The van der Waals surface area contributed by atoms with E-state index in [1.165, 1.54) is 0 Å². The molecule has 3 N–H and O–H groups in total. The number of amides is 1. The van der Waals surface area contributed by atoms with E-state index in [1.54, 1.807) is 23.1 Å². The number of anilines is 1. The number of hydrogen-bond acceptors (Lipinski definition) is 3. The summed E-state index contributed by atoms with van der Waals surface area (Å²) in [7, 11) is 0.